The van der Waals surface area contributed by atoms with E-state index in [0.717, 1.165) is 11.3 Å². The van der Waals surface area contributed by atoms with Crippen LogP contribution in [0.25, 0.3) is 0 Å². The molecule has 1 spiro atoms. The van der Waals surface area contributed by atoms with Crippen molar-refractivity contribution in [2.24, 2.45) is 17.3 Å². The van der Waals surface area contributed by atoms with E-state index in [4.69, 9.17) is 0 Å². The van der Waals surface area contributed by atoms with Crippen molar-refractivity contribution in [3.05, 3.63) is 0 Å². The molecule has 1 heterocycles. The first-order valence-corrected chi connectivity index (χ1v) is 9.51. The molecule has 0 radical (unpaired) electrons. The van der Waals surface area contributed by atoms with Gasteiger partial charge in [0.05, 0.1) is 0 Å². The summed E-state index contributed by atoms with van der Waals surface area (Å²) in [5.74, 6) is -1.81. The van der Waals surface area contributed by atoms with E-state index in [1.165, 1.54) is 0 Å². The maximum Gasteiger partial charge on any atom is 0.326 e. The van der Waals surface area contributed by atoms with Crippen LogP contribution in [0.3, 0.4) is 0 Å². The minimum absolute atomic E-state index is 0.0809. The number of carbonyl (C=O) groups is 4. The first kappa shape index (κ1) is 21.2. The number of nitrogens with one attached hydrogen (secondary N) is 2. The molecule has 3 N–H and O–H groups in total. The molecule has 2 unspecified atom stereocenters. The molecule has 2 fully saturated rings. The predicted octanol–water partition coefficient (Wildman–Crippen LogP) is 1.74. The van der Waals surface area contributed by atoms with E-state index < -0.39 is 41.9 Å². The van der Waals surface area contributed by atoms with Crippen LogP contribution in [0.2, 0.25) is 0 Å². The minimum Gasteiger partial charge on any atom is -0.480 e. The molecule has 8 heteroatoms. The van der Waals surface area contributed by atoms with Crippen LogP contribution < -0.4 is 10.6 Å². The summed E-state index contributed by atoms with van der Waals surface area (Å²) in [7, 11) is 0. The highest BCUT2D eigenvalue weighted by Crippen LogP contribution is 2.46. The van der Waals surface area contributed by atoms with Gasteiger partial charge in [0.15, 0.2) is 0 Å². The third kappa shape index (κ3) is 4.78. The van der Waals surface area contributed by atoms with Gasteiger partial charge in [-0.1, -0.05) is 34.6 Å². The van der Waals surface area contributed by atoms with Crippen LogP contribution in [0.15, 0.2) is 0 Å². The van der Waals surface area contributed by atoms with E-state index in [1.54, 1.807) is 0 Å². The molecule has 1 aliphatic heterocycles. The average Bonchev–Trinajstić information content (AvgIpc) is 2.67. The highest BCUT2D eigenvalue weighted by Gasteiger charge is 2.56. The van der Waals surface area contributed by atoms with Crippen molar-refractivity contribution in [3.8, 4) is 0 Å². The van der Waals surface area contributed by atoms with Crippen LogP contribution in [0, 0.1) is 17.3 Å². The molecule has 0 aromatic rings. The fraction of sp³-hybridized carbons (Fsp3) is 0.789. The summed E-state index contributed by atoms with van der Waals surface area (Å²) in [5, 5.41) is 14.5. The van der Waals surface area contributed by atoms with Gasteiger partial charge in [0.2, 0.25) is 5.91 Å². The van der Waals surface area contributed by atoms with Crippen molar-refractivity contribution in [1.82, 2.24) is 15.5 Å². The van der Waals surface area contributed by atoms with E-state index in [-0.39, 0.29) is 23.7 Å². The number of nitrogens with zero attached hydrogens (tertiary/aromatic N) is 1. The van der Waals surface area contributed by atoms with Crippen LogP contribution in [0.4, 0.5) is 4.79 Å². The lowest BCUT2D eigenvalue weighted by Crippen LogP contribution is -2.54. The Balaban J connectivity index is 2.09. The monoisotopic (exact) mass is 381 g/mol. The topological polar surface area (TPSA) is 116 Å². The van der Waals surface area contributed by atoms with Gasteiger partial charge in [-0.05, 0) is 42.9 Å². The second-order valence-electron chi connectivity index (χ2n) is 9.35. The molecular weight excluding hydrogens is 350 g/mol. The summed E-state index contributed by atoms with van der Waals surface area (Å²) in [5.41, 5.74) is -1.06. The molecule has 4 amide bonds. The number of hydrogen-bond donors (Lipinski definition) is 3. The Kier molecular flexibility index (Phi) is 5.87. The summed E-state index contributed by atoms with van der Waals surface area (Å²) in [6, 6.07) is -1.63. The maximum atomic E-state index is 13.0. The van der Waals surface area contributed by atoms with Gasteiger partial charge >= 0.3 is 12.0 Å². The summed E-state index contributed by atoms with van der Waals surface area (Å²) in [6.07, 6.45) is 2.31. The van der Waals surface area contributed by atoms with Gasteiger partial charge in [0.25, 0.3) is 5.91 Å². The Morgan fingerprint density at radius 3 is 2.44 bits per heavy atom. The zero-order chi connectivity index (χ0) is 20.6. The van der Waals surface area contributed by atoms with E-state index >= 15 is 0 Å². The molecule has 1 saturated carbocycles. The van der Waals surface area contributed by atoms with Crippen LogP contribution in [-0.4, -0.2) is 51.9 Å². The molecule has 27 heavy (non-hydrogen) atoms. The van der Waals surface area contributed by atoms with E-state index in [0.29, 0.717) is 12.8 Å². The maximum absolute atomic E-state index is 13.0. The molecule has 2 aliphatic rings. The molecule has 3 atom stereocenters. The first-order chi connectivity index (χ1) is 12.3. The number of carbonyl (C=O) groups excluding carboxylic acids is 3. The van der Waals surface area contributed by atoms with Crippen molar-refractivity contribution >= 4 is 23.8 Å². The number of carboxylic acid groups (broad SMARTS) is 1. The Bertz CT molecular complexity index is 645. The lowest BCUT2D eigenvalue weighted by atomic mass is 9.64. The Hall–Kier alpha value is -2.12. The van der Waals surface area contributed by atoms with Crippen molar-refractivity contribution in [3.63, 3.8) is 0 Å². The van der Waals surface area contributed by atoms with Crippen molar-refractivity contribution in [2.75, 3.05) is 6.54 Å². The van der Waals surface area contributed by atoms with Gasteiger partial charge in [-0.15, -0.1) is 0 Å². The van der Waals surface area contributed by atoms with Crippen LogP contribution in [0.1, 0.15) is 60.3 Å². The lowest BCUT2D eigenvalue weighted by molar-refractivity contribution is -0.143. The standard InChI is InChI=1S/C19H31N3O5/c1-11(2)6-13(15(24)25)20-14(23)9-22-16(26)19(21-17(22)27)8-12(3)7-18(4,5)10-19/h11-13H,6-10H2,1-5H3,(H,20,23)(H,21,27)(H,24,25)/t12?,13-,19?/m1/s1. The number of urea groups is 1. The fourth-order valence-electron chi connectivity index (χ4n) is 4.73. The second-order valence-corrected chi connectivity index (χ2v) is 9.35. The van der Waals surface area contributed by atoms with Crippen molar-refractivity contribution in [2.45, 2.75) is 71.9 Å². The van der Waals surface area contributed by atoms with E-state index in [2.05, 4.69) is 31.4 Å². The molecular formula is C19H31N3O5. The quantitative estimate of drug-likeness (QED) is 0.606. The normalized spacial score (nSPS) is 28.4. The van der Waals surface area contributed by atoms with Gasteiger partial charge in [0, 0.05) is 0 Å². The number of amides is 4. The summed E-state index contributed by atoms with van der Waals surface area (Å²) in [4.78, 5) is 49.9. The molecule has 8 nitrogen and oxygen atoms in total. The molecule has 1 saturated heterocycles. The highest BCUT2D eigenvalue weighted by atomic mass is 16.4. The molecule has 0 bridgehead atoms. The number of aliphatic carboxylic acids is 1. The third-order valence-corrected chi connectivity index (χ3v) is 5.27. The number of carboxylic acids is 1. The Morgan fingerprint density at radius 1 is 1.30 bits per heavy atom. The van der Waals surface area contributed by atoms with Gasteiger partial charge in [-0.2, -0.15) is 0 Å². The molecule has 0 aromatic carbocycles. The first-order valence-electron chi connectivity index (χ1n) is 9.51. The third-order valence-electron chi connectivity index (χ3n) is 5.27. The zero-order valence-corrected chi connectivity index (χ0v) is 16.8. The Morgan fingerprint density at radius 2 is 1.93 bits per heavy atom. The van der Waals surface area contributed by atoms with Crippen LogP contribution >= 0.6 is 0 Å². The average molecular weight is 381 g/mol. The summed E-state index contributed by atoms with van der Waals surface area (Å²) in [6.45, 7) is 9.44. The molecule has 152 valence electrons. The largest absolute Gasteiger partial charge is 0.480 e. The van der Waals surface area contributed by atoms with Gasteiger partial charge < -0.3 is 15.7 Å². The van der Waals surface area contributed by atoms with Gasteiger partial charge in [0.1, 0.15) is 18.1 Å². The summed E-state index contributed by atoms with van der Waals surface area (Å²) >= 11 is 0. The van der Waals surface area contributed by atoms with Gasteiger partial charge in [-0.25, -0.2) is 9.59 Å². The second kappa shape index (κ2) is 7.48. The van der Waals surface area contributed by atoms with Crippen LogP contribution in [-0.2, 0) is 14.4 Å². The summed E-state index contributed by atoms with van der Waals surface area (Å²) < 4.78 is 0. The number of hydrogen-bond acceptors (Lipinski definition) is 4. The molecule has 2 rings (SSSR count). The van der Waals surface area contributed by atoms with Crippen LogP contribution in [0.5, 0.6) is 0 Å². The lowest BCUT2D eigenvalue weighted by Gasteiger charge is -2.43. The van der Waals surface area contributed by atoms with Crippen molar-refractivity contribution < 1.29 is 24.3 Å². The minimum atomic E-state index is -1.13. The number of rotatable bonds is 6. The fourth-order valence-corrected chi connectivity index (χ4v) is 4.73. The van der Waals surface area contributed by atoms with Crippen molar-refractivity contribution in [1.29, 1.82) is 0 Å². The van der Waals surface area contributed by atoms with Gasteiger partial charge in [-0.3, -0.25) is 14.5 Å². The molecule has 1 aliphatic carbocycles. The molecule has 0 aromatic heterocycles. The van der Waals surface area contributed by atoms with E-state index in [9.17, 15) is 24.3 Å². The predicted molar refractivity (Wildman–Crippen MR) is 98.8 cm³/mol. The number of imide groups is 1. The smallest absolute Gasteiger partial charge is 0.326 e. The Labute approximate surface area is 160 Å². The highest BCUT2D eigenvalue weighted by molar-refractivity contribution is 6.09. The SMILES string of the molecule is CC(C)C[C@@H](NC(=O)CN1C(=O)NC2(CC(C)CC(C)(C)C2)C1=O)C(=O)O. The van der Waals surface area contributed by atoms with E-state index in [1.807, 2.05) is 13.8 Å². The zero-order valence-electron chi connectivity index (χ0n) is 16.8.